The minimum absolute atomic E-state index is 0.291. The molecule has 0 aliphatic heterocycles. The summed E-state index contributed by atoms with van der Waals surface area (Å²) in [5, 5.41) is 14.8. The van der Waals surface area contributed by atoms with Crippen LogP contribution in [-0.2, 0) is 12.5 Å². The van der Waals surface area contributed by atoms with Crippen molar-refractivity contribution < 1.29 is 0 Å². The maximum absolute atomic E-state index is 9.18. The fourth-order valence-electron chi connectivity index (χ4n) is 2.09. The summed E-state index contributed by atoms with van der Waals surface area (Å²) in [6.07, 6.45) is 1.90. The second-order valence-corrected chi connectivity index (χ2v) is 4.18. The Labute approximate surface area is 87.9 Å². The first-order valence-electron chi connectivity index (χ1n) is 5.10. The fourth-order valence-corrected chi connectivity index (χ4v) is 2.09. The summed E-state index contributed by atoms with van der Waals surface area (Å²) in [7, 11) is 1.93. The Morgan fingerprint density at radius 1 is 1.40 bits per heavy atom. The molecule has 74 valence electrons. The number of fused-ring (bicyclic) bond motifs is 1. The van der Waals surface area contributed by atoms with Gasteiger partial charge in [0.1, 0.15) is 5.41 Å². The highest BCUT2D eigenvalue weighted by Gasteiger charge is 2.48. The molecule has 0 N–H and O–H groups in total. The molecule has 1 aliphatic rings. The van der Waals surface area contributed by atoms with Crippen LogP contribution in [0.5, 0.6) is 0 Å². The van der Waals surface area contributed by atoms with E-state index in [1.54, 1.807) is 0 Å². The molecule has 0 amide bonds. The predicted octanol–water partition coefficient (Wildman–Crippen LogP) is 2.13. The summed E-state index contributed by atoms with van der Waals surface area (Å²) in [4.78, 5) is 0. The van der Waals surface area contributed by atoms with E-state index in [0.717, 1.165) is 29.4 Å². The summed E-state index contributed by atoms with van der Waals surface area (Å²) < 4.78 is 1.86. The van der Waals surface area contributed by atoms with Crippen molar-refractivity contribution in [3.63, 3.8) is 0 Å². The quantitative estimate of drug-likeness (QED) is 0.702. The monoisotopic (exact) mass is 197 g/mol. The van der Waals surface area contributed by atoms with Crippen molar-refractivity contribution in [1.29, 1.82) is 5.26 Å². The normalized spacial score (nSPS) is 17.6. The van der Waals surface area contributed by atoms with Crippen LogP contribution >= 0.6 is 0 Å². The van der Waals surface area contributed by atoms with E-state index in [-0.39, 0.29) is 5.41 Å². The highest BCUT2D eigenvalue weighted by molar-refractivity contribution is 5.84. The lowest BCUT2D eigenvalue weighted by Gasteiger charge is -2.00. The number of nitriles is 1. The predicted molar refractivity (Wildman–Crippen MR) is 57.2 cm³/mol. The van der Waals surface area contributed by atoms with Crippen molar-refractivity contribution in [2.24, 2.45) is 7.05 Å². The highest BCUT2D eigenvalue weighted by atomic mass is 15.3. The van der Waals surface area contributed by atoms with Crippen LogP contribution in [0.3, 0.4) is 0 Å². The Bertz CT molecular complexity index is 570. The summed E-state index contributed by atoms with van der Waals surface area (Å²) in [6.45, 7) is 0. The number of para-hydroxylation sites is 1. The van der Waals surface area contributed by atoms with Gasteiger partial charge in [-0.05, 0) is 18.9 Å². The van der Waals surface area contributed by atoms with Crippen LogP contribution in [0.4, 0.5) is 0 Å². The molecule has 0 unspecified atom stereocenters. The van der Waals surface area contributed by atoms with Crippen molar-refractivity contribution in [3.8, 4) is 6.07 Å². The molecular formula is C12H11N3. The van der Waals surface area contributed by atoms with Gasteiger partial charge in [0.2, 0.25) is 0 Å². The van der Waals surface area contributed by atoms with Crippen molar-refractivity contribution in [2.45, 2.75) is 18.3 Å². The largest absolute Gasteiger partial charge is 0.268 e. The minimum atomic E-state index is -0.291. The molecule has 1 heterocycles. The summed E-state index contributed by atoms with van der Waals surface area (Å²) in [6, 6.07) is 10.5. The van der Waals surface area contributed by atoms with Crippen LogP contribution in [-0.4, -0.2) is 9.78 Å². The lowest BCUT2D eigenvalue weighted by molar-refractivity contribution is 0.736. The zero-order valence-electron chi connectivity index (χ0n) is 8.57. The van der Waals surface area contributed by atoms with E-state index in [9.17, 15) is 5.26 Å². The topological polar surface area (TPSA) is 41.6 Å². The van der Waals surface area contributed by atoms with Crippen LogP contribution in [0.2, 0.25) is 0 Å². The van der Waals surface area contributed by atoms with E-state index >= 15 is 0 Å². The Hall–Kier alpha value is -1.82. The number of nitrogens with zero attached hydrogens (tertiary/aromatic N) is 3. The van der Waals surface area contributed by atoms with Crippen LogP contribution in [0.15, 0.2) is 24.3 Å². The summed E-state index contributed by atoms with van der Waals surface area (Å²) >= 11 is 0. The molecule has 15 heavy (non-hydrogen) atoms. The van der Waals surface area contributed by atoms with Crippen LogP contribution in [0.25, 0.3) is 10.9 Å². The van der Waals surface area contributed by atoms with Gasteiger partial charge in [0.05, 0.1) is 17.3 Å². The van der Waals surface area contributed by atoms with E-state index < -0.39 is 0 Å². The van der Waals surface area contributed by atoms with E-state index in [2.05, 4.69) is 17.2 Å². The maximum Gasteiger partial charge on any atom is 0.102 e. The van der Waals surface area contributed by atoms with Crippen molar-refractivity contribution in [1.82, 2.24) is 9.78 Å². The molecule has 0 atom stereocenters. The van der Waals surface area contributed by atoms with Crippen molar-refractivity contribution >= 4 is 10.9 Å². The Balaban J connectivity index is 2.34. The molecule has 0 bridgehead atoms. The van der Waals surface area contributed by atoms with Gasteiger partial charge in [-0.2, -0.15) is 10.4 Å². The zero-order valence-corrected chi connectivity index (χ0v) is 8.57. The number of benzene rings is 1. The second-order valence-electron chi connectivity index (χ2n) is 4.18. The van der Waals surface area contributed by atoms with E-state index in [0.29, 0.717) is 0 Å². The molecule has 0 radical (unpaired) electrons. The van der Waals surface area contributed by atoms with Gasteiger partial charge in [0.15, 0.2) is 0 Å². The molecule has 1 fully saturated rings. The number of aryl methyl sites for hydroxylation is 1. The third-order valence-electron chi connectivity index (χ3n) is 3.18. The standard InChI is InChI=1S/C12H11N3/c1-15-10-5-3-2-4-9(10)11(14-15)12(8-13)6-7-12/h2-5H,6-7H2,1H3. The average molecular weight is 197 g/mol. The Morgan fingerprint density at radius 2 is 2.13 bits per heavy atom. The molecule has 3 heteroatoms. The number of hydrogen-bond acceptors (Lipinski definition) is 2. The average Bonchev–Trinajstić information content (AvgIpc) is 3.00. The minimum Gasteiger partial charge on any atom is -0.268 e. The molecule has 1 saturated carbocycles. The first-order chi connectivity index (χ1) is 7.27. The number of rotatable bonds is 1. The fraction of sp³-hybridized carbons (Fsp3) is 0.333. The zero-order chi connectivity index (χ0) is 10.5. The van der Waals surface area contributed by atoms with E-state index in [1.807, 2.05) is 29.9 Å². The first kappa shape index (κ1) is 8.49. The van der Waals surface area contributed by atoms with Gasteiger partial charge in [0.25, 0.3) is 0 Å². The molecule has 0 saturated heterocycles. The molecule has 3 nitrogen and oxygen atoms in total. The molecule has 1 aromatic carbocycles. The smallest absolute Gasteiger partial charge is 0.102 e. The van der Waals surface area contributed by atoms with Gasteiger partial charge in [0, 0.05) is 12.4 Å². The SMILES string of the molecule is Cn1nc(C2(C#N)CC2)c2ccccc21. The molecule has 2 aromatic rings. The van der Waals surface area contributed by atoms with Crippen LogP contribution in [0, 0.1) is 11.3 Å². The molecular weight excluding hydrogens is 186 g/mol. The lowest BCUT2D eigenvalue weighted by Crippen LogP contribution is -2.04. The van der Waals surface area contributed by atoms with Gasteiger partial charge in [-0.1, -0.05) is 18.2 Å². The first-order valence-corrected chi connectivity index (χ1v) is 5.10. The number of hydrogen-bond donors (Lipinski definition) is 0. The second kappa shape index (κ2) is 2.60. The third kappa shape index (κ3) is 1.02. The molecule has 1 aliphatic carbocycles. The van der Waals surface area contributed by atoms with E-state index in [1.165, 1.54) is 0 Å². The summed E-state index contributed by atoms with van der Waals surface area (Å²) in [5.41, 5.74) is 1.78. The highest BCUT2D eigenvalue weighted by Crippen LogP contribution is 2.48. The van der Waals surface area contributed by atoms with Crippen LogP contribution < -0.4 is 0 Å². The van der Waals surface area contributed by atoms with Gasteiger partial charge in [-0.15, -0.1) is 0 Å². The number of aromatic nitrogens is 2. The third-order valence-corrected chi connectivity index (χ3v) is 3.18. The van der Waals surface area contributed by atoms with Crippen molar-refractivity contribution in [2.75, 3.05) is 0 Å². The maximum atomic E-state index is 9.18. The van der Waals surface area contributed by atoms with Gasteiger partial charge in [-0.3, -0.25) is 4.68 Å². The van der Waals surface area contributed by atoms with Crippen LogP contribution in [0.1, 0.15) is 18.5 Å². The van der Waals surface area contributed by atoms with Gasteiger partial charge in [-0.25, -0.2) is 0 Å². The van der Waals surface area contributed by atoms with Gasteiger partial charge >= 0.3 is 0 Å². The van der Waals surface area contributed by atoms with E-state index in [4.69, 9.17) is 0 Å². The Morgan fingerprint density at radius 3 is 2.80 bits per heavy atom. The Kier molecular flexibility index (Phi) is 1.47. The molecule has 0 spiro atoms. The summed E-state index contributed by atoms with van der Waals surface area (Å²) in [5.74, 6) is 0. The van der Waals surface area contributed by atoms with Crippen molar-refractivity contribution in [3.05, 3.63) is 30.0 Å². The lowest BCUT2D eigenvalue weighted by atomic mass is 10.0. The molecule has 3 rings (SSSR count). The molecule has 1 aromatic heterocycles. The van der Waals surface area contributed by atoms with Gasteiger partial charge < -0.3 is 0 Å².